The van der Waals surface area contributed by atoms with Gasteiger partial charge in [0.05, 0.1) is 29.4 Å². The van der Waals surface area contributed by atoms with Crippen LogP contribution in [0.1, 0.15) is 0 Å². The quantitative estimate of drug-likeness (QED) is 0.0947. The van der Waals surface area contributed by atoms with Gasteiger partial charge >= 0.3 is 58.4 Å². The van der Waals surface area contributed by atoms with E-state index in [-0.39, 0.29) is 105 Å². The van der Waals surface area contributed by atoms with Crippen molar-refractivity contribution in [2.75, 3.05) is 0 Å². The van der Waals surface area contributed by atoms with Gasteiger partial charge in [-0.3, -0.25) is 0 Å². The number of fused-ring (bicyclic) bond motifs is 40. The van der Waals surface area contributed by atoms with Crippen molar-refractivity contribution < 1.29 is 136 Å². The van der Waals surface area contributed by atoms with Crippen molar-refractivity contribution in [2.24, 2.45) is 0 Å². The Morgan fingerprint density at radius 3 is 0.589 bits per heavy atom. The van der Waals surface area contributed by atoms with Gasteiger partial charge in [0, 0.05) is 87.6 Å². The first-order valence-corrected chi connectivity index (χ1v) is 38.2. The third-order valence-corrected chi connectivity index (χ3v) is 22.9. The fraction of sp³-hybridized carbons (Fsp3) is 0. The van der Waals surface area contributed by atoms with Crippen LogP contribution in [0.3, 0.4) is 0 Å². The van der Waals surface area contributed by atoms with E-state index < -0.39 is 134 Å². The Hall–Kier alpha value is -10.2. The summed E-state index contributed by atoms with van der Waals surface area (Å²) in [6.45, 7) is 0. The van der Waals surface area contributed by atoms with Crippen molar-refractivity contribution in [1.82, 2.24) is 79.7 Å². The third kappa shape index (κ3) is 12.5. The smallest absolute Gasteiger partial charge is 0.744 e. The molecule has 0 aliphatic carbocycles. The van der Waals surface area contributed by atoms with Crippen LogP contribution in [0.15, 0.2) is 187 Å². The number of nitrogens with zero attached hydrogens (tertiary/aromatic N) is 12. The first-order valence-electron chi connectivity index (χ1n) is 29.7. The number of H-pyrrole nitrogens is 4. The van der Waals surface area contributed by atoms with Crippen LogP contribution in [-0.4, -0.2) is 158 Å². The second-order valence-electron chi connectivity index (χ2n) is 23.1. The first-order chi connectivity index (χ1) is 49.3. The van der Waals surface area contributed by atoms with Gasteiger partial charge in [0.2, 0.25) is 0 Å². The molecule has 0 unspecified atom stereocenters. The maximum atomic E-state index is 12.9. The van der Waals surface area contributed by atoms with Crippen LogP contribution >= 0.6 is 0 Å². The molecule has 34 nitrogen and oxygen atoms in total. The zero-order valence-electron chi connectivity index (χ0n) is 53.3. The summed E-state index contributed by atoms with van der Waals surface area (Å²) in [6, 6.07) is 42.5. The second-order valence-corrected chi connectivity index (χ2v) is 31.1. The van der Waals surface area contributed by atoms with E-state index in [0.29, 0.717) is 101 Å². The van der Waals surface area contributed by atoms with Gasteiger partial charge in [0.15, 0.2) is 46.6 Å². The van der Waals surface area contributed by atoms with E-state index in [4.69, 9.17) is 19.9 Å². The van der Waals surface area contributed by atoms with Crippen molar-refractivity contribution >= 4 is 149 Å². The molecule has 4 aliphatic heterocycles. The molecule has 10 heterocycles. The Bertz CT molecular complexity index is 7040. The van der Waals surface area contributed by atoms with Gasteiger partial charge in [-0.2, -0.15) is 0 Å². The Morgan fingerprint density at radius 2 is 0.393 bits per heavy atom. The number of aromatic nitrogens is 16. The molecule has 8 aromatic carbocycles. The number of nitrogens with one attached hydrogen (secondary N) is 4. The van der Waals surface area contributed by atoms with Crippen LogP contribution in [-0.2, 0) is 119 Å². The minimum Gasteiger partial charge on any atom is -0.744 e. The molecule has 0 saturated carbocycles. The number of hydrogen-bond donors (Lipinski definition) is 4. The molecule has 4 aliphatic rings. The van der Waals surface area contributed by atoms with E-state index >= 15 is 0 Å². The Morgan fingerprint density at radius 1 is 0.215 bits per heavy atom. The molecule has 0 spiro atoms. The van der Waals surface area contributed by atoms with E-state index in [1.807, 2.05) is 48.5 Å². The maximum absolute atomic E-state index is 12.9. The number of benzene rings is 8. The van der Waals surface area contributed by atoms with Crippen LogP contribution in [0.4, 0.5) is 0 Å². The first kappa shape index (κ1) is 73.7. The van der Waals surface area contributed by atoms with Crippen LogP contribution in [0.2, 0.25) is 0 Å². The molecule has 107 heavy (non-hydrogen) atoms. The molecule has 0 amide bonds. The molecule has 18 rings (SSSR count). The van der Waals surface area contributed by atoms with Crippen molar-refractivity contribution in [3.8, 4) is 91.1 Å². The fourth-order valence-electron chi connectivity index (χ4n) is 12.8. The standard InChI is InChI=1S/2C32H18N8O9S3.3Zn/c2*41-50(42,43)21-13-20-22(24(52(47,48)49)23(21)51(44,45)46)32-39-30-19-12-6-5-11-18(19)28(37-30)35-26-15-8-2-1-7-14(15)25(33-26)34-27-16-9-3-4-10-17(16)29(36-27)38-31(20)40-32;;;/h2*1-13H,(H,41,42,43)(H,44,45,46)(H,47,48,49)(H2,33,34,35,36,37,38,39,40);;;/q;;3*+2/p-6. The van der Waals surface area contributed by atoms with Crippen LogP contribution in [0.25, 0.3) is 179 Å². The zero-order valence-corrected chi connectivity index (χ0v) is 67.1. The summed E-state index contributed by atoms with van der Waals surface area (Å²) in [6.07, 6.45) is 0. The molecule has 0 saturated heterocycles. The average Bonchev–Trinajstić information content (AvgIpc) is 1.68. The van der Waals surface area contributed by atoms with Crippen LogP contribution in [0.5, 0.6) is 0 Å². The monoisotopic (exact) mass is 1690 g/mol. The zero-order chi connectivity index (χ0) is 72.6. The van der Waals surface area contributed by atoms with E-state index in [2.05, 4.69) is 59.8 Å². The van der Waals surface area contributed by atoms with Crippen LogP contribution in [0, 0.1) is 0 Å². The molecule has 43 heteroatoms. The summed E-state index contributed by atoms with van der Waals surface area (Å²) in [5.41, 5.74) is 3.24. The molecule has 0 fully saturated rings. The van der Waals surface area contributed by atoms with Gasteiger partial charge in [0.25, 0.3) is 0 Å². The van der Waals surface area contributed by atoms with Gasteiger partial charge < -0.3 is 47.3 Å². The Labute approximate surface area is 637 Å². The van der Waals surface area contributed by atoms with Gasteiger partial charge in [-0.1, -0.05) is 146 Å². The third-order valence-electron chi connectivity index (χ3n) is 17.0. The predicted molar refractivity (Wildman–Crippen MR) is 360 cm³/mol. The van der Waals surface area contributed by atoms with E-state index in [1.165, 1.54) is 0 Å². The van der Waals surface area contributed by atoms with Crippen LogP contribution < -0.4 is 0 Å². The molecular weight excluding hydrogens is 1670 g/mol. The van der Waals surface area contributed by atoms with Gasteiger partial charge in [-0.25, -0.2) is 110 Å². The van der Waals surface area contributed by atoms with Gasteiger partial charge in [-0.15, -0.1) is 0 Å². The summed E-state index contributed by atoms with van der Waals surface area (Å²) >= 11 is 0. The molecule has 4 N–H and O–H groups in total. The number of aromatic amines is 4. The largest absolute Gasteiger partial charge is 2.00 e. The van der Waals surface area contributed by atoms with Gasteiger partial charge in [0.1, 0.15) is 106 Å². The topological polar surface area (TPSA) is 561 Å². The summed E-state index contributed by atoms with van der Waals surface area (Å²) in [4.78, 5) is 56.3. The average molecular weight is 1700 g/mol. The molecular formula is C64H30N16O18S6Zn3. The minimum absolute atomic E-state index is 0. The molecule has 14 aromatic rings. The summed E-state index contributed by atoms with van der Waals surface area (Å²) in [5, 5.41) is 0.0401. The molecule has 516 valence electrons. The number of rotatable bonds is 6. The summed E-state index contributed by atoms with van der Waals surface area (Å²) in [5.74, 6) is 0.410. The van der Waals surface area contributed by atoms with Crippen molar-refractivity contribution in [2.45, 2.75) is 29.4 Å². The predicted octanol–water partition coefficient (Wildman–Crippen LogP) is 7.16. The fourth-order valence-corrected chi connectivity index (χ4v) is 19.4. The normalized spacial score (nSPS) is 12.6. The van der Waals surface area contributed by atoms with Crippen molar-refractivity contribution in [3.05, 3.63) is 158 Å². The minimum atomic E-state index is -6.11. The van der Waals surface area contributed by atoms with Crippen molar-refractivity contribution in [1.29, 1.82) is 0 Å². The van der Waals surface area contributed by atoms with E-state index in [1.54, 1.807) is 97.1 Å². The molecule has 0 radical (unpaired) electrons. The Kier molecular flexibility index (Phi) is 17.9. The summed E-state index contributed by atoms with van der Waals surface area (Å²) < 4.78 is 226. The Balaban J connectivity index is 0.000000175. The van der Waals surface area contributed by atoms with Gasteiger partial charge in [-0.05, 0) is 12.1 Å². The van der Waals surface area contributed by atoms with E-state index in [0.717, 1.165) is 0 Å². The maximum Gasteiger partial charge on any atom is 2.00 e. The molecule has 6 aromatic heterocycles. The van der Waals surface area contributed by atoms with E-state index in [9.17, 15) is 77.8 Å². The van der Waals surface area contributed by atoms with Crippen molar-refractivity contribution in [3.63, 3.8) is 0 Å². The second kappa shape index (κ2) is 26.1. The SMILES string of the molecule is O=S(=O)([O-])c1cc2c3nc4nc(nc5[nH]c(nc6nc(nc([nH]3)c2c(S(=O)(=O)[O-])c1S(=O)(=O)[O-])-c1ccccc1-6)c1ccccc51)-c1ccccc1-4.O=S(=O)([O-])c1cc2c3nc4nc(nc5[nH]c(nc6nc(nc([nH]3)c2c(S(=O)(=O)[O-])c1S(=O)(=O)[O-])-c1ccccc1-6)c1ccccc51)-c1ccccc1-4.[Zn+2].[Zn+2].[Zn+2]. The number of hydrogen-bond acceptors (Lipinski definition) is 30. The summed E-state index contributed by atoms with van der Waals surface area (Å²) in [7, 11) is -36.1. The molecule has 0 atom stereocenters. The molecule has 16 bridgehead atoms.